The first-order valence-corrected chi connectivity index (χ1v) is 8.03. The molecule has 1 aliphatic rings. The molecule has 3 nitrogen and oxygen atoms in total. The van der Waals surface area contributed by atoms with Crippen LogP contribution in [0.4, 0.5) is 4.39 Å². The zero-order valence-electron chi connectivity index (χ0n) is 12.3. The Morgan fingerprint density at radius 2 is 1.95 bits per heavy atom. The normalized spacial score (nSPS) is 16.9. The first-order valence-electron chi connectivity index (χ1n) is 7.05. The third-order valence-electron chi connectivity index (χ3n) is 3.10. The van der Waals surface area contributed by atoms with Crippen LogP contribution in [0.1, 0.15) is 45.2 Å². The van der Waals surface area contributed by atoms with Gasteiger partial charge in [0, 0.05) is 12.0 Å². The van der Waals surface area contributed by atoms with Crippen LogP contribution in [0, 0.1) is 5.95 Å². The van der Waals surface area contributed by atoms with Gasteiger partial charge in [-0.15, -0.1) is 0 Å². The quantitative estimate of drug-likeness (QED) is 0.482. The van der Waals surface area contributed by atoms with Crippen molar-refractivity contribution in [2.75, 3.05) is 25.9 Å². The van der Waals surface area contributed by atoms with Crippen LogP contribution in [0.3, 0.4) is 0 Å². The summed E-state index contributed by atoms with van der Waals surface area (Å²) in [4.78, 5) is 10.6. The highest BCUT2D eigenvalue weighted by Gasteiger charge is 2.20. The van der Waals surface area contributed by atoms with Gasteiger partial charge in [0.05, 0.1) is 5.69 Å². The van der Waals surface area contributed by atoms with Gasteiger partial charge in [0.15, 0.2) is 5.16 Å². The number of halogens is 1. The van der Waals surface area contributed by atoms with Crippen molar-refractivity contribution in [1.29, 1.82) is 0 Å². The predicted octanol–water partition coefficient (Wildman–Crippen LogP) is 3.56. The summed E-state index contributed by atoms with van der Waals surface area (Å²) in [6, 6.07) is 1.50. The van der Waals surface area contributed by atoms with Gasteiger partial charge in [-0.05, 0) is 38.7 Å². The maximum absolute atomic E-state index is 13.4. The molecule has 0 radical (unpaired) electrons. The van der Waals surface area contributed by atoms with Crippen LogP contribution in [0.2, 0.25) is 0 Å². The molecule has 2 rings (SSSR count). The number of likely N-dealkylation sites (tertiary alicyclic amines) is 1. The Labute approximate surface area is 120 Å². The number of aromatic nitrogens is 2. The molecule has 1 fully saturated rings. The minimum atomic E-state index is -0.398. The summed E-state index contributed by atoms with van der Waals surface area (Å²) < 4.78 is 13.4. The Bertz CT molecular complexity index is 379. The van der Waals surface area contributed by atoms with E-state index in [2.05, 4.69) is 21.9 Å². The molecule has 2 heterocycles. The van der Waals surface area contributed by atoms with Crippen LogP contribution in [-0.2, 0) is 0 Å². The molecule has 0 spiro atoms. The Kier molecular flexibility index (Phi) is 7.31. The SMILES string of the molecule is CC.CCSc1nc(F)cc(C2CCN(C)CC2)n1. The molecule has 19 heavy (non-hydrogen) atoms. The molecule has 0 saturated carbocycles. The van der Waals surface area contributed by atoms with E-state index in [9.17, 15) is 4.39 Å². The van der Waals surface area contributed by atoms with Crippen LogP contribution >= 0.6 is 11.8 Å². The van der Waals surface area contributed by atoms with Gasteiger partial charge in [-0.25, -0.2) is 4.98 Å². The molecule has 5 heteroatoms. The number of thioether (sulfide) groups is 1. The van der Waals surface area contributed by atoms with Crippen molar-refractivity contribution in [3.63, 3.8) is 0 Å². The summed E-state index contributed by atoms with van der Waals surface area (Å²) in [6.45, 7) is 8.15. The number of piperidine rings is 1. The summed E-state index contributed by atoms with van der Waals surface area (Å²) in [5.41, 5.74) is 0.876. The molecule has 1 aromatic heterocycles. The van der Waals surface area contributed by atoms with E-state index < -0.39 is 5.95 Å². The molecule has 0 aromatic carbocycles. The molecular formula is C14H24FN3S. The Morgan fingerprint density at radius 3 is 2.53 bits per heavy atom. The molecule has 1 aromatic rings. The molecule has 1 aliphatic heterocycles. The average Bonchev–Trinajstić information content (AvgIpc) is 2.41. The second kappa shape index (κ2) is 8.48. The minimum absolute atomic E-state index is 0.389. The Hall–Kier alpha value is -0.680. The maximum atomic E-state index is 13.4. The Morgan fingerprint density at radius 1 is 1.32 bits per heavy atom. The van der Waals surface area contributed by atoms with E-state index >= 15 is 0 Å². The summed E-state index contributed by atoms with van der Waals surface area (Å²) in [6.07, 6.45) is 2.12. The third kappa shape index (κ3) is 5.07. The monoisotopic (exact) mass is 285 g/mol. The summed E-state index contributed by atoms with van der Waals surface area (Å²) >= 11 is 1.50. The smallest absolute Gasteiger partial charge is 0.217 e. The van der Waals surface area contributed by atoms with Gasteiger partial charge in [0.1, 0.15) is 0 Å². The molecule has 108 valence electrons. The fraction of sp³-hybridized carbons (Fsp3) is 0.714. The van der Waals surface area contributed by atoms with Crippen molar-refractivity contribution >= 4 is 11.8 Å². The van der Waals surface area contributed by atoms with Crippen molar-refractivity contribution in [2.24, 2.45) is 0 Å². The largest absolute Gasteiger partial charge is 0.306 e. The molecule has 1 saturated heterocycles. The van der Waals surface area contributed by atoms with E-state index in [1.807, 2.05) is 20.8 Å². The maximum Gasteiger partial charge on any atom is 0.217 e. The van der Waals surface area contributed by atoms with Gasteiger partial charge in [0.2, 0.25) is 5.95 Å². The van der Waals surface area contributed by atoms with E-state index in [0.29, 0.717) is 11.1 Å². The van der Waals surface area contributed by atoms with Crippen LogP contribution in [-0.4, -0.2) is 40.8 Å². The molecule has 0 N–H and O–H groups in total. The summed E-state index contributed by atoms with van der Waals surface area (Å²) in [5, 5.41) is 0.571. The molecule has 0 bridgehead atoms. The summed E-state index contributed by atoms with van der Waals surface area (Å²) in [7, 11) is 2.12. The van der Waals surface area contributed by atoms with E-state index in [4.69, 9.17) is 0 Å². The lowest BCUT2D eigenvalue weighted by Crippen LogP contribution is -2.29. The zero-order valence-corrected chi connectivity index (χ0v) is 13.1. The van der Waals surface area contributed by atoms with Gasteiger partial charge in [-0.1, -0.05) is 32.5 Å². The van der Waals surface area contributed by atoms with Crippen LogP contribution in [0.25, 0.3) is 0 Å². The van der Waals surface area contributed by atoms with Crippen molar-refractivity contribution in [3.05, 3.63) is 17.7 Å². The van der Waals surface area contributed by atoms with Gasteiger partial charge < -0.3 is 4.90 Å². The minimum Gasteiger partial charge on any atom is -0.306 e. The number of hydrogen-bond acceptors (Lipinski definition) is 4. The lowest BCUT2D eigenvalue weighted by atomic mass is 9.94. The highest BCUT2D eigenvalue weighted by atomic mass is 32.2. The number of nitrogens with zero attached hydrogens (tertiary/aromatic N) is 3. The van der Waals surface area contributed by atoms with Gasteiger partial charge in [0.25, 0.3) is 0 Å². The fourth-order valence-electron chi connectivity index (χ4n) is 2.12. The second-order valence-corrected chi connectivity index (χ2v) is 5.64. The van der Waals surface area contributed by atoms with E-state index in [1.165, 1.54) is 17.8 Å². The zero-order chi connectivity index (χ0) is 14.3. The topological polar surface area (TPSA) is 29.0 Å². The van der Waals surface area contributed by atoms with Gasteiger partial charge in [-0.3, -0.25) is 0 Å². The van der Waals surface area contributed by atoms with E-state index in [1.54, 1.807) is 0 Å². The van der Waals surface area contributed by atoms with Crippen molar-refractivity contribution in [2.45, 2.75) is 44.7 Å². The third-order valence-corrected chi connectivity index (χ3v) is 3.83. The number of hydrogen-bond donors (Lipinski definition) is 0. The number of rotatable bonds is 3. The van der Waals surface area contributed by atoms with E-state index in [-0.39, 0.29) is 0 Å². The highest BCUT2D eigenvalue weighted by Crippen LogP contribution is 2.27. The fourth-order valence-corrected chi connectivity index (χ4v) is 2.70. The van der Waals surface area contributed by atoms with Crippen molar-refractivity contribution in [3.8, 4) is 0 Å². The standard InChI is InChI=1S/C12H18FN3S.C2H6/c1-3-17-12-14-10(8-11(13)15-12)9-4-6-16(2)7-5-9;1-2/h8-9H,3-7H2,1-2H3;1-2H3. The first kappa shape index (κ1) is 16.4. The molecule has 0 aliphatic carbocycles. The van der Waals surface area contributed by atoms with E-state index in [0.717, 1.165) is 37.4 Å². The van der Waals surface area contributed by atoms with Gasteiger partial charge >= 0.3 is 0 Å². The van der Waals surface area contributed by atoms with Gasteiger partial charge in [-0.2, -0.15) is 9.37 Å². The summed E-state index contributed by atoms with van der Waals surface area (Å²) in [5.74, 6) is 0.862. The predicted molar refractivity (Wildman–Crippen MR) is 79.2 cm³/mol. The first-order chi connectivity index (χ1) is 9.19. The second-order valence-electron chi connectivity index (χ2n) is 4.41. The molecular weight excluding hydrogens is 261 g/mol. The lowest BCUT2D eigenvalue weighted by Gasteiger charge is -2.28. The molecule has 0 unspecified atom stereocenters. The Balaban J connectivity index is 0.000000861. The van der Waals surface area contributed by atoms with Crippen LogP contribution in [0.5, 0.6) is 0 Å². The van der Waals surface area contributed by atoms with Crippen molar-refractivity contribution < 1.29 is 4.39 Å². The highest BCUT2D eigenvalue weighted by molar-refractivity contribution is 7.99. The average molecular weight is 285 g/mol. The molecule has 0 amide bonds. The molecule has 0 atom stereocenters. The van der Waals surface area contributed by atoms with Crippen LogP contribution in [0.15, 0.2) is 11.2 Å². The lowest BCUT2D eigenvalue weighted by molar-refractivity contribution is 0.252. The van der Waals surface area contributed by atoms with Crippen LogP contribution < -0.4 is 0 Å². The van der Waals surface area contributed by atoms with Crippen molar-refractivity contribution in [1.82, 2.24) is 14.9 Å².